The van der Waals surface area contributed by atoms with Gasteiger partial charge in [-0.1, -0.05) is 0 Å². The van der Waals surface area contributed by atoms with Crippen LogP contribution in [0.1, 0.15) is 39.4 Å². The summed E-state index contributed by atoms with van der Waals surface area (Å²) in [5, 5.41) is 19.6. The Morgan fingerprint density at radius 1 is 1.39 bits per heavy atom. The highest BCUT2D eigenvalue weighted by Crippen LogP contribution is 2.28. The quantitative estimate of drug-likeness (QED) is 0.849. The maximum atomic E-state index is 13.2. The predicted molar refractivity (Wildman–Crippen MR) is 71.2 cm³/mol. The molecule has 0 aliphatic heterocycles. The van der Waals surface area contributed by atoms with Gasteiger partial charge in [0.1, 0.15) is 5.82 Å². The van der Waals surface area contributed by atoms with Gasteiger partial charge in [0.05, 0.1) is 11.7 Å². The minimum Gasteiger partial charge on any atom is -0.389 e. The number of hydrogen-bond donors (Lipinski definition) is 2. The van der Waals surface area contributed by atoms with Crippen molar-refractivity contribution in [3.63, 3.8) is 0 Å². The van der Waals surface area contributed by atoms with E-state index in [4.69, 9.17) is 0 Å². The average molecular weight is 255 g/mol. The summed E-state index contributed by atoms with van der Waals surface area (Å²) in [6.07, 6.45) is -0.744. The zero-order valence-corrected chi connectivity index (χ0v) is 11.4. The van der Waals surface area contributed by atoms with Crippen molar-refractivity contribution in [2.24, 2.45) is 0 Å². The van der Waals surface area contributed by atoms with Crippen LogP contribution in [0.25, 0.3) is 0 Å². The number of hydrogen-bond acceptors (Lipinski definition) is 3. The Kier molecular flexibility index (Phi) is 4.71. The van der Waals surface area contributed by atoms with Crippen LogP contribution in [0.3, 0.4) is 0 Å². The van der Waals surface area contributed by atoms with Crippen LogP contribution >= 0.6 is 0 Å². The summed E-state index contributed by atoms with van der Waals surface area (Å²) in [6.45, 7) is 8.11. The van der Waals surface area contributed by atoms with E-state index in [9.17, 15) is 14.6 Å². The average Bonchev–Trinajstić information content (AvgIpc) is 2.24. The number of aliphatic hydroxyl groups excluding tert-OH is 1. The Hall–Kier alpha value is -1.13. The lowest BCUT2D eigenvalue weighted by atomic mass is 10.0. The Bertz CT molecular complexity index is 399. The van der Waals surface area contributed by atoms with Crippen molar-refractivity contribution >= 4 is 5.69 Å². The van der Waals surface area contributed by atoms with Gasteiger partial charge in [-0.15, -0.1) is 0 Å². The first-order valence-electron chi connectivity index (χ1n) is 6.19. The fourth-order valence-electron chi connectivity index (χ4n) is 1.98. The molecule has 0 unspecified atom stereocenters. The van der Waals surface area contributed by atoms with Crippen LogP contribution in [0.4, 0.5) is 10.1 Å². The van der Waals surface area contributed by atoms with Crippen molar-refractivity contribution in [2.75, 3.05) is 18.0 Å². The van der Waals surface area contributed by atoms with Gasteiger partial charge < -0.3 is 15.1 Å². The monoisotopic (exact) mass is 255 g/mol. The van der Waals surface area contributed by atoms with Crippen molar-refractivity contribution in [1.29, 1.82) is 0 Å². The van der Waals surface area contributed by atoms with Crippen LogP contribution < -0.4 is 4.90 Å². The van der Waals surface area contributed by atoms with Gasteiger partial charge in [-0.3, -0.25) is 0 Å². The maximum Gasteiger partial charge on any atom is 0.123 e. The number of aliphatic hydroxyl groups is 2. The molecule has 0 bridgehead atoms. The highest BCUT2D eigenvalue weighted by molar-refractivity contribution is 5.55. The third-order valence-electron chi connectivity index (χ3n) is 2.74. The second kappa shape index (κ2) is 5.67. The fourth-order valence-corrected chi connectivity index (χ4v) is 1.98. The van der Waals surface area contributed by atoms with E-state index in [2.05, 4.69) is 0 Å². The SMILES string of the molecule is CCN(CC(C)(C)O)c1ccc(F)cc1[C@H](C)O. The van der Waals surface area contributed by atoms with E-state index < -0.39 is 11.7 Å². The van der Waals surface area contributed by atoms with Crippen molar-refractivity contribution in [2.45, 2.75) is 39.4 Å². The van der Waals surface area contributed by atoms with E-state index >= 15 is 0 Å². The fraction of sp³-hybridized carbons (Fsp3) is 0.571. The minimum absolute atomic E-state index is 0.367. The standard InChI is InChI=1S/C14H22FNO2/c1-5-16(9-14(3,4)18)13-7-6-11(15)8-12(13)10(2)17/h6-8,10,17-18H,5,9H2,1-4H3/t10-/m0/s1. The first-order valence-corrected chi connectivity index (χ1v) is 6.19. The van der Waals surface area contributed by atoms with Crippen LogP contribution in [-0.4, -0.2) is 28.9 Å². The molecule has 0 radical (unpaired) electrons. The molecule has 102 valence electrons. The number of nitrogens with zero attached hydrogens (tertiary/aromatic N) is 1. The highest BCUT2D eigenvalue weighted by Gasteiger charge is 2.21. The van der Waals surface area contributed by atoms with Crippen molar-refractivity contribution in [3.05, 3.63) is 29.6 Å². The summed E-state index contributed by atoms with van der Waals surface area (Å²) in [4.78, 5) is 1.93. The van der Waals surface area contributed by atoms with Crippen molar-refractivity contribution in [1.82, 2.24) is 0 Å². The minimum atomic E-state index is -0.847. The normalized spacial score (nSPS) is 13.5. The lowest BCUT2D eigenvalue weighted by Crippen LogP contribution is -2.39. The lowest BCUT2D eigenvalue weighted by Gasteiger charge is -2.32. The summed E-state index contributed by atoms with van der Waals surface area (Å²) in [5.41, 5.74) is 0.456. The maximum absolute atomic E-state index is 13.2. The van der Waals surface area contributed by atoms with Crippen LogP contribution in [0.15, 0.2) is 18.2 Å². The zero-order valence-electron chi connectivity index (χ0n) is 11.4. The number of halogens is 1. The van der Waals surface area contributed by atoms with Gasteiger partial charge in [0.2, 0.25) is 0 Å². The third-order valence-corrected chi connectivity index (χ3v) is 2.74. The molecule has 18 heavy (non-hydrogen) atoms. The van der Waals surface area contributed by atoms with Crippen molar-refractivity contribution in [3.8, 4) is 0 Å². The molecule has 0 saturated carbocycles. The molecule has 2 N–H and O–H groups in total. The third kappa shape index (κ3) is 3.96. The number of benzene rings is 1. The van der Waals surface area contributed by atoms with Gasteiger partial charge in [-0.05, 0) is 45.9 Å². The summed E-state index contributed by atoms with van der Waals surface area (Å²) in [7, 11) is 0. The van der Waals surface area contributed by atoms with Crippen LogP contribution in [0.5, 0.6) is 0 Å². The van der Waals surface area contributed by atoms with Crippen LogP contribution in [0, 0.1) is 5.82 Å². The van der Waals surface area contributed by atoms with Crippen molar-refractivity contribution < 1.29 is 14.6 Å². The highest BCUT2D eigenvalue weighted by atomic mass is 19.1. The van der Waals surface area contributed by atoms with E-state index in [1.54, 1.807) is 26.8 Å². The van der Waals surface area contributed by atoms with Gasteiger partial charge >= 0.3 is 0 Å². The second-order valence-electron chi connectivity index (χ2n) is 5.21. The van der Waals surface area contributed by atoms with Crippen LogP contribution in [0.2, 0.25) is 0 Å². The van der Waals surface area contributed by atoms with E-state index in [1.807, 2.05) is 11.8 Å². The molecule has 1 aromatic rings. The first kappa shape index (κ1) is 14.9. The molecule has 0 aromatic heterocycles. The largest absolute Gasteiger partial charge is 0.389 e. The number of rotatable bonds is 5. The zero-order chi connectivity index (χ0) is 13.9. The second-order valence-corrected chi connectivity index (χ2v) is 5.21. The molecule has 0 aliphatic carbocycles. The molecule has 1 rings (SSSR count). The molecular weight excluding hydrogens is 233 g/mol. The molecule has 0 fully saturated rings. The topological polar surface area (TPSA) is 43.7 Å². The summed E-state index contributed by atoms with van der Waals surface area (Å²) < 4.78 is 13.2. The molecule has 0 spiro atoms. The van der Waals surface area contributed by atoms with E-state index in [-0.39, 0.29) is 5.82 Å². The Morgan fingerprint density at radius 2 is 2.00 bits per heavy atom. The van der Waals surface area contributed by atoms with Gasteiger partial charge in [-0.25, -0.2) is 4.39 Å². The van der Waals surface area contributed by atoms with E-state index in [0.29, 0.717) is 18.7 Å². The molecular formula is C14H22FNO2. The summed E-state index contributed by atoms with van der Waals surface area (Å²) in [6, 6.07) is 4.36. The lowest BCUT2D eigenvalue weighted by molar-refractivity contribution is 0.0873. The summed E-state index contributed by atoms with van der Waals surface area (Å²) in [5.74, 6) is -0.367. The molecule has 4 heteroatoms. The molecule has 0 amide bonds. The van der Waals surface area contributed by atoms with Gasteiger partial charge in [0.15, 0.2) is 0 Å². The molecule has 1 atom stereocenters. The summed E-state index contributed by atoms with van der Waals surface area (Å²) >= 11 is 0. The van der Waals surface area contributed by atoms with E-state index in [1.165, 1.54) is 12.1 Å². The Morgan fingerprint density at radius 3 is 2.44 bits per heavy atom. The molecule has 0 aliphatic rings. The Labute approximate surface area is 108 Å². The van der Waals surface area contributed by atoms with E-state index in [0.717, 1.165) is 5.69 Å². The van der Waals surface area contributed by atoms with Gasteiger partial charge in [0.25, 0.3) is 0 Å². The molecule has 0 heterocycles. The first-order chi connectivity index (χ1) is 8.24. The molecule has 0 saturated heterocycles. The number of anilines is 1. The van der Waals surface area contributed by atoms with Gasteiger partial charge in [-0.2, -0.15) is 0 Å². The number of likely N-dealkylation sites (N-methyl/N-ethyl adjacent to an activating group) is 1. The molecule has 1 aromatic carbocycles. The van der Waals surface area contributed by atoms with Crippen LogP contribution in [-0.2, 0) is 0 Å². The smallest absolute Gasteiger partial charge is 0.123 e. The van der Waals surface area contributed by atoms with Gasteiger partial charge in [0, 0.05) is 24.3 Å². The predicted octanol–water partition coefficient (Wildman–Crippen LogP) is 2.48. The Balaban J connectivity index is 3.12. The molecule has 3 nitrogen and oxygen atoms in total.